The number of benzene rings is 1. The van der Waals surface area contributed by atoms with Crippen LogP contribution in [-0.2, 0) is 14.3 Å². The van der Waals surface area contributed by atoms with Crippen LogP contribution in [0, 0.1) is 0 Å². The van der Waals surface area contributed by atoms with Crippen molar-refractivity contribution in [3.63, 3.8) is 0 Å². The van der Waals surface area contributed by atoms with Gasteiger partial charge in [-0.05, 0) is 37.6 Å². The van der Waals surface area contributed by atoms with Crippen molar-refractivity contribution in [3.05, 3.63) is 29.8 Å². The number of esters is 2. The third-order valence-corrected chi connectivity index (χ3v) is 6.01. The maximum Gasteiger partial charge on any atom is 0.338 e. The standard InChI is InChI=1S/C21H42O4.C9H10O3/c1-2-3-4-5-6-7-8-9-10-11-12-13-14-15-16-17-21(24)25-19-20(23)18-22;1-2-12-9(11)7-3-5-8(10)6-4-7/h20,22-23H,2-19H2,1H3;3-6,10H,2H2,1H3. The van der Waals surface area contributed by atoms with Crippen LogP contribution >= 0.6 is 0 Å². The van der Waals surface area contributed by atoms with E-state index in [9.17, 15) is 9.59 Å². The van der Waals surface area contributed by atoms with Crippen molar-refractivity contribution in [2.45, 2.75) is 123 Å². The fourth-order valence-corrected chi connectivity index (χ4v) is 3.77. The smallest absolute Gasteiger partial charge is 0.338 e. The Morgan fingerprint density at radius 1 is 0.730 bits per heavy atom. The highest BCUT2D eigenvalue weighted by atomic mass is 16.5. The van der Waals surface area contributed by atoms with Gasteiger partial charge in [0, 0.05) is 6.42 Å². The molecule has 0 saturated carbocycles. The molecule has 3 N–H and O–H groups in total. The summed E-state index contributed by atoms with van der Waals surface area (Å²) in [6.07, 6.45) is 19.0. The molecule has 0 radical (unpaired) electrons. The van der Waals surface area contributed by atoms with Gasteiger partial charge in [0.05, 0.1) is 18.8 Å². The summed E-state index contributed by atoms with van der Waals surface area (Å²) in [6, 6.07) is 5.94. The first-order chi connectivity index (χ1) is 17.9. The second-order valence-corrected chi connectivity index (χ2v) is 9.49. The molecule has 0 heterocycles. The molecular weight excluding hydrogens is 472 g/mol. The molecule has 1 unspecified atom stereocenters. The summed E-state index contributed by atoms with van der Waals surface area (Å²) >= 11 is 0. The van der Waals surface area contributed by atoms with E-state index in [0.717, 1.165) is 12.8 Å². The fourth-order valence-electron chi connectivity index (χ4n) is 3.77. The molecule has 0 aliphatic heterocycles. The lowest BCUT2D eigenvalue weighted by molar-refractivity contribution is -0.147. The monoisotopic (exact) mass is 524 g/mol. The highest BCUT2D eigenvalue weighted by molar-refractivity contribution is 5.89. The van der Waals surface area contributed by atoms with Crippen LogP contribution in [0.1, 0.15) is 127 Å². The van der Waals surface area contributed by atoms with Gasteiger partial charge >= 0.3 is 11.9 Å². The van der Waals surface area contributed by atoms with Gasteiger partial charge < -0.3 is 24.8 Å². The number of aliphatic hydroxyl groups is 2. The Balaban J connectivity index is 0.000000893. The van der Waals surface area contributed by atoms with Crippen LogP contribution in [0.15, 0.2) is 24.3 Å². The van der Waals surface area contributed by atoms with E-state index in [-0.39, 0.29) is 30.9 Å². The fraction of sp³-hybridized carbons (Fsp3) is 0.733. The summed E-state index contributed by atoms with van der Waals surface area (Å²) in [5.41, 5.74) is 0.453. The average Bonchev–Trinajstić information content (AvgIpc) is 2.90. The zero-order chi connectivity index (χ0) is 27.6. The van der Waals surface area contributed by atoms with E-state index in [1.165, 1.54) is 108 Å². The second kappa shape index (κ2) is 25.5. The Morgan fingerprint density at radius 2 is 1.19 bits per heavy atom. The van der Waals surface area contributed by atoms with Crippen molar-refractivity contribution < 1.29 is 34.4 Å². The van der Waals surface area contributed by atoms with Crippen LogP contribution in [-0.4, -0.2) is 53.2 Å². The predicted octanol–water partition coefficient (Wildman–Crippen LogP) is 6.71. The second-order valence-electron chi connectivity index (χ2n) is 9.49. The SMILES string of the molecule is CCCCCCCCCCCCCCCCCC(=O)OCC(O)CO.CCOC(=O)c1ccc(O)cc1. The van der Waals surface area contributed by atoms with Crippen LogP contribution in [0.25, 0.3) is 0 Å². The molecule has 214 valence electrons. The van der Waals surface area contributed by atoms with E-state index in [0.29, 0.717) is 18.6 Å². The zero-order valence-electron chi connectivity index (χ0n) is 23.3. The topological polar surface area (TPSA) is 113 Å². The lowest BCUT2D eigenvalue weighted by Crippen LogP contribution is -2.21. The van der Waals surface area contributed by atoms with Gasteiger partial charge in [0.15, 0.2) is 0 Å². The van der Waals surface area contributed by atoms with E-state index < -0.39 is 6.10 Å². The molecule has 0 fully saturated rings. The van der Waals surface area contributed by atoms with Crippen molar-refractivity contribution in [3.8, 4) is 5.75 Å². The minimum atomic E-state index is -0.954. The number of aromatic hydroxyl groups is 1. The Morgan fingerprint density at radius 3 is 1.62 bits per heavy atom. The molecule has 1 aromatic rings. The number of rotatable bonds is 21. The van der Waals surface area contributed by atoms with Crippen molar-refractivity contribution >= 4 is 11.9 Å². The largest absolute Gasteiger partial charge is 0.508 e. The number of phenolic OH excluding ortho intramolecular Hbond substituents is 1. The van der Waals surface area contributed by atoms with Crippen LogP contribution < -0.4 is 0 Å². The first-order valence-electron chi connectivity index (χ1n) is 14.3. The van der Waals surface area contributed by atoms with Crippen molar-refractivity contribution in [1.82, 2.24) is 0 Å². The predicted molar refractivity (Wildman–Crippen MR) is 148 cm³/mol. The van der Waals surface area contributed by atoms with Gasteiger partial charge in [-0.2, -0.15) is 0 Å². The highest BCUT2D eigenvalue weighted by Gasteiger charge is 2.07. The number of aliphatic hydroxyl groups excluding tert-OH is 2. The summed E-state index contributed by atoms with van der Waals surface area (Å²) in [5, 5.41) is 26.6. The zero-order valence-corrected chi connectivity index (χ0v) is 23.3. The first kappa shape index (κ1) is 34.9. The van der Waals surface area contributed by atoms with Gasteiger partial charge in [-0.25, -0.2) is 4.79 Å². The number of hydrogen-bond acceptors (Lipinski definition) is 7. The molecule has 0 saturated heterocycles. The summed E-state index contributed by atoms with van der Waals surface area (Å²) in [5.74, 6) is -0.497. The molecular formula is C30H52O7. The lowest BCUT2D eigenvalue weighted by atomic mass is 10.0. The average molecular weight is 525 g/mol. The van der Waals surface area contributed by atoms with Gasteiger partial charge in [0.2, 0.25) is 0 Å². The molecule has 7 nitrogen and oxygen atoms in total. The number of carbonyl (C=O) groups is 2. The molecule has 1 atom stereocenters. The molecule has 37 heavy (non-hydrogen) atoms. The third-order valence-electron chi connectivity index (χ3n) is 6.01. The lowest BCUT2D eigenvalue weighted by Gasteiger charge is -2.08. The molecule has 7 heteroatoms. The number of carbonyl (C=O) groups excluding carboxylic acids is 2. The summed E-state index contributed by atoms with van der Waals surface area (Å²) in [4.78, 5) is 22.4. The maximum atomic E-state index is 11.4. The van der Waals surface area contributed by atoms with Gasteiger partial charge in [-0.15, -0.1) is 0 Å². The highest BCUT2D eigenvalue weighted by Crippen LogP contribution is 2.14. The van der Waals surface area contributed by atoms with Crippen LogP contribution in [0.3, 0.4) is 0 Å². The van der Waals surface area contributed by atoms with Gasteiger partial charge in [-0.3, -0.25) is 4.79 Å². The van der Waals surface area contributed by atoms with E-state index in [2.05, 4.69) is 6.92 Å². The molecule has 0 aliphatic carbocycles. The quantitative estimate of drug-likeness (QED) is 0.121. The Bertz CT molecular complexity index is 660. The molecule has 0 spiro atoms. The molecule has 1 rings (SSSR count). The van der Waals surface area contributed by atoms with Gasteiger partial charge in [0.1, 0.15) is 18.5 Å². The van der Waals surface area contributed by atoms with E-state index >= 15 is 0 Å². The molecule has 0 aliphatic rings. The minimum absolute atomic E-state index is 0.103. The first-order valence-corrected chi connectivity index (χ1v) is 14.3. The summed E-state index contributed by atoms with van der Waals surface area (Å²) in [7, 11) is 0. The van der Waals surface area contributed by atoms with Crippen molar-refractivity contribution in [2.24, 2.45) is 0 Å². The van der Waals surface area contributed by atoms with Gasteiger partial charge in [0.25, 0.3) is 0 Å². The van der Waals surface area contributed by atoms with E-state index in [1.807, 2.05) is 0 Å². The molecule has 0 aromatic heterocycles. The number of phenols is 1. The molecule has 0 bridgehead atoms. The van der Waals surface area contributed by atoms with Crippen LogP contribution in [0.2, 0.25) is 0 Å². The summed E-state index contributed by atoms with van der Waals surface area (Å²) < 4.78 is 9.61. The van der Waals surface area contributed by atoms with Crippen molar-refractivity contribution in [1.29, 1.82) is 0 Å². The number of ether oxygens (including phenoxy) is 2. The number of hydrogen-bond donors (Lipinski definition) is 3. The van der Waals surface area contributed by atoms with Gasteiger partial charge in [-0.1, -0.05) is 96.8 Å². The van der Waals surface area contributed by atoms with Crippen LogP contribution in [0.4, 0.5) is 0 Å². The third kappa shape index (κ3) is 22.8. The Hall–Kier alpha value is -2.12. The maximum absolute atomic E-state index is 11.4. The Kier molecular flexibility index (Phi) is 24.1. The van der Waals surface area contributed by atoms with Crippen LogP contribution in [0.5, 0.6) is 5.75 Å². The number of unbranched alkanes of at least 4 members (excludes halogenated alkanes) is 14. The minimum Gasteiger partial charge on any atom is -0.508 e. The molecule has 0 amide bonds. The van der Waals surface area contributed by atoms with Crippen molar-refractivity contribution in [2.75, 3.05) is 19.8 Å². The molecule has 1 aromatic carbocycles. The Labute approximate surface area is 224 Å². The van der Waals surface area contributed by atoms with E-state index in [4.69, 9.17) is 24.8 Å². The van der Waals surface area contributed by atoms with E-state index in [1.54, 1.807) is 6.92 Å². The summed E-state index contributed by atoms with van der Waals surface area (Å²) in [6.45, 7) is 3.90. The normalized spacial score (nSPS) is 11.4.